The third-order valence-electron chi connectivity index (χ3n) is 3.72. The summed E-state index contributed by atoms with van der Waals surface area (Å²) in [6.07, 6.45) is 0.619. The zero-order valence-electron chi connectivity index (χ0n) is 13.2. The molecule has 1 aliphatic heterocycles. The zero-order valence-corrected chi connectivity index (χ0v) is 14.0. The molecule has 1 fully saturated rings. The topological polar surface area (TPSA) is 92.5 Å². The van der Waals surface area contributed by atoms with Gasteiger partial charge < -0.3 is 11.1 Å². The molecule has 6 nitrogen and oxygen atoms in total. The highest BCUT2D eigenvalue weighted by Crippen LogP contribution is 2.27. The first-order valence-electron chi connectivity index (χ1n) is 7.28. The number of carbonyl (C=O) groups is 1. The molecule has 0 aliphatic carbocycles. The first kappa shape index (κ1) is 16.8. The van der Waals surface area contributed by atoms with E-state index in [0.717, 1.165) is 0 Å². The van der Waals surface area contributed by atoms with Crippen LogP contribution in [0.5, 0.6) is 0 Å². The highest BCUT2D eigenvalue weighted by Gasteiger charge is 2.29. The van der Waals surface area contributed by atoms with E-state index in [0.29, 0.717) is 24.3 Å². The summed E-state index contributed by atoms with van der Waals surface area (Å²) in [5, 5.41) is 2.75. The van der Waals surface area contributed by atoms with Crippen LogP contribution in [0.1, 0.15) is 27.2 Å². The van der Waals surface area contributed by atoms with Crippen molar-refractivity contribution in [1.29, 1.82) is 0 Å². The van der Waals surface area contributed by atoms with E-state index in [4.69, 9.17) is 5.73 Å². The Morgan fingerprint density at radius 3 is 2.59 bits per heavy atom. The smallest absolute Gasteiger partial charge is 0.241 e. The molecule has 1 aliphatic rings. The summed E-state index contributed by atoms with van der Waals surface area (Å²) in [5.74, 6) is -0.118. The average molecular weight is 325 g/mol. The fraction of sp³-hybridized carbons (Fsp3) is 0.533. The van der Waals surface area contributed by atoms with E-state index in [1.165, 1.54) is 4.31 Å². The van der Waals surface area contributed by atoms with E-state index in [-0.39, 0.29) is 17.1 Å². The van der Waals surface area contributed by atoms with Crippen molar-refractivity contribution < 1.29 is 13.2 Å². The molecule has 0 unspecified atom stereocenters. The SMILES string of the molecule is CC(C)(C)[C@H](N)C(=O)Nc1cccc(N2CCCS2(=O)=O)c1. The minimum absolute atomic E-state index is 0.165. The quantitative estimate of drug-likeness (QED) is 0.881. The maximum atomic E-state index is 12.2. The van der Waals surface area contributed by atoms with E-state index in [2.05, 4.69) is 5.32 Å². The van der Waals surface area contributed by atoms with Crippen LogP contribution in [0.4, 0.5) is 11.4 Å². The van der Waals surface area contributed by atoms with Crippen molar-refractivity contribution in [3.8, 4) is 0 Å². The molecule has 122 valence electrons. The van der Waals surface area contributed by atoms with Crippen LogP contribution >= 0.6 is 0 Å². The Morgan fingerprint density at radius 1 is 1.36 bits per heavy atom. The van der Waals surface area contributed by atoms with Gasteiger partial charge in [0.2, 0.25) is 15.9 Å². The largest absolute Gasteiger partial charge is 0.325 e. The Hall–Kier alpha value is -1.60. The fourth-order valence-electron chi connectivity index (χ4n) is 2.28. The van der Waals surface area contributed by atoms with Crippen LogP contribution in [0.3, 0.4) is 0 Å². The number of rotatable bonds is 3. The maximum absolute atomic E-state index is 12.2. The van der Waals surface area contributed by atoms with Gasteiger partial charge in [0.25, 0.3) is 0 Å². The van der Waals surface area contributed by atoms with Crippen molar-refractivity contribution in [2.75, 3.05) is 21.9 Å². The van der Waals surface area contributed by atoms with Crippen LogP contribution in [-0.2, 0) is 14.8 Å². The highest BCUT2D eigenvalue weighted by molar-refractivity contribution is 7.93. The number of nitrogens with one attached hydrogen (secondary N) is 1. The lowest BCUT2D eigenvalue weighted by Gasteiger charge is -2.26. The van der Waals surface area contributed by atoms with Crippen LogP contribution < -0.4 is 15.4 Å². The first-order chi connectivity index (χ1) is 10.1. The van der Waals surface area contributed by atoms with Crippen molar-refractivity contribution in [3.63, 3.8) is 0 Å². The molecule has 0 saturated carbocycles. The number of hydrogen-bond donors (Lipinski definition) is 2. The molecule has 0 bridgehead atoms. The predicted octanol–water partition coefficient (Wildman–Crippen LogP) is 1.54. The van der Waals surface area contributed by atoms with Gasteiger partial charge in [-0.3, -0.25) is 9.10 Å². The Morgan fingerprint density at radius 2 is 2.05 bits per heavy atom. The summed E-state index contributed by atoms with van der Waals surface area (Å²) in [7, 11) is -3.23. The van der Waals surface area contributed by atoms with Gasteiger partial charge in [-0.05, 0) is 30.0 Å². The van der Waals surface area contributed by atoms with Gasteiger partial charge in [0.1, 0.15) is 0 Å². The lowest BCUT2D eigenvalue weighted by molar-refractivity contribution is -0.119. The van der Waals surface area contributed by atoms with Gasteiger partial charge >= 0.3 is 0 Å². The molecular weight excluding hydrogens is 302 g/mol. The van der Waals surface area contributed by atoms with Crippen molar-refractivity contribution in [2.45, 2.75) is 33.2 Å². The van der Waals surface area contributed by atoms with Crippen molar-refractivity contribution in [1.82, 2.24) is 0 Å². The molecule has 1 atom stereocenters. The van der Waals surface area contributed by atoms with Crippen LogP contribution in [0.2, 0.25) is 0 Å². The third-order valence-corrected chi connectivity index (χ3v) is 5.59. The second-order valence-corrected chi connectivity index (χ2v) is 8.64. The molecule has 2 rings (SSSR count). The van der Waals surface area contributed by atoms with Gasteiger partial charge in [0.05, 0.1) is 17.5 Å². The Balaban J connectivity index is 2.18. The predicted molar refractivity (Wildman–Crippen MR) is 88.3 cm³/mol. The van der Waals surface area contributed by atoms with Crippen molar-refractivity contribution in [2.24, 2.45) is 11.1 Å². The van der Waals surface area contributed by atoms with Crippen LogP contribution in [0.25, 0.3) is 0 Å². The van der Waals surface area contributed by atoms with E-state index >= 15 is 0 Å². The number of nitrogens with two attached hydrogens (primary N) is 1. The summed E-state index contributed by atoms with van der Waals surface area (Å²) in [4.78, 5) is 12.2. The molecule has 22 heavy (non-hydrogen) atoms. The van der Waals surface area contributed by atoms with E-state index in [9.17, 15) is 13.2 Å². The van der Waals surface area contributed by atoms with Crippen molar-refractivity contribution >= 4 is 27.3 Å². The average Bonchev–Trinajstić information content (AvgIpc) is 2.76. The van der Waals surface area contributed by atoms with Crippen molar-refractivity contribution in [3.05, 3.63) is 24.3 Å². The van der Waals surface area contributed by atoms with Gasteiger partial charge in [-0.25, -0.2) is 8.42 Å². The number of sulfonamides is 1. The number of nitrogens with zero attached hydrogens (tertiary/aromatic N) is 1. The molecule has 0 aromatic heterocycles. The van der Waals surface area contributed by atoms with Crippen LogP contribution in [-0.4, -0.2) is 32.7 Å². The Bertz CT molecular complexity index is 665. The number of benzene rings is 1. The molecular formula is C15H23N3O3S. The number of hydrogen-bond acceptors (Lipinski definition) is 4. The normalized spacial score (nSPS) is 19.0. The lowest BCUT2D eigenvalue weighted by atomic mass is 9.87. The molecule has 1 aromatic carbocycles. The first-order valence-corrected chi connectivity index (χ1v) is 8.89. The molecule has 1 heterocycles. The van der Waals surface area contributed by atoms with Crippen LogP contribution in [0.15, 0.2) is 24.3 Å². The fourth-order valence-corrected chi connectivity index (χ4v) is 3.84. The van der Waals surface area contributed by atoms with E-state index < -0.39 is 16.1 Å². The summed E-state index contributed by atoms with van der Waals surface area (Å²) in [5.41, 5.74) is 6.69. The molecule has 0 radical (unpaired) electrons. The van der Waals surface area contributed by atoms with Gasteiger partial charge in [-0.15, -0.1) is 0 Å². The minimum Gasteiger partial charge on any atom is -0.325 e. The lowest BCUT2D eigenvalue weighted by Crippen LogP contribution is -2.45. The molecule has 7 heteroatoms. The molecule has 1 aromatic rings. The standard InChI is InChI=1S/C15H23N3O3S/c1-15(2,3)13(16)14(19)17-11-6-4-7-12(10-11)18-8-5-9-22(18,20)21/h4,6-7,10,13H,5,8-9,16H2,1-3H3,(H,17,19)/t13-/m1/s1. The van der Waals surface area contributed by atoms with Gasteiger partial charge in [-0.1, -0.05) is 26.8 Å². The molecule has 1 amide bonds. The third kappa shape index (κ3) is 3.59. The maximum Gasteiger partial charge on any atom is 0.241 e. The van der Waals surface area contributed by atoms with Gasteiger partial charge in [-0.2, -0.15) is 0 Å². The molecule has 3 N–H and O–H groups in total. The molecule has 0 spiro atoms. The Labute approximate surface area is 131 Å². The second-order valence-electron chi connectivity index (χ2n) is 6.62. The minimum atomic E-state index is -3.23. The van der Waals surface area contributed by atoms with E-state index in [1.807, 2.05) is 20.8 Å². The number of amides is 1. The molecule has 1 saturated heterocycles. The monoisotopic (exact) mass is 325 g/mol. The second kappa shape index (κ2) is 5.89. The van der Waals surface area contributed by atoms with E-state index in [1.54, 1.807) is 24.3 Å². The summed E-state index contributed by atoms with van der Waals surface area (Å²) in [6.45, 7) is 6.15. The summed E-state index contributed by atoms with van der Waals surface area (Å²) in [6, 6.07) is 6.19. The number of carbonyl (C=O) groups excluding carboxylic acids is 1. The van der Waals surface area contributed by atoms with Crippen LogP contribution in [0, 0.1) is 5.41 Å². The summed E-state index contributed by atoms with van der Waals surface area (Å²) < 4.78 is 25.3. The summed E-state index contributed by atoms with van der Waals surface area (Å²) >= 11 is 0. The van der Waals surface area contributed by atoms with Gasteiger partial charge in [0, 0.05) is 12.2 Å². The Kier molecular flexibility index (Phi) is 4.49. The highest BCUT2D eigenvalue weighted by atomic mass is 32.2. The van der Waals surface area contributed by atoms with Gasteiger partial charge in [0.15, 0.2) is 0 Å². The number of anilines is 2. The zero-order chi connectivity index (χ0) is 16.5.